The van der Waals surface area contributed by atoms with Gasteiger partial charge in [-0.3, -0.25) is 0 Å². The number of ether oxygens (including phenoxy) is 1. The summed E-state index contributed by atoms with van der Waals surface area (Å²) in [5, 5.41) is 1.16. The van der Waals surface area contributed by atoms with E-state index >= 15 is 0 Å². The SMILES string of the molecule is C=C(C)C(=O)OC(C)CCc1ccccc1[Si](OCCC)OCCC. The second-order valence-electron chi connectivity index (χ2n) is 6.18. The number of aryl methyl sites for hydroxylation is 1. The third-order valence-corrected chi connectivity index (χ3v) is 5.45. The van der Waals surface area contributed by atoms with Crippen LogP contribution in [0.5, 0.6) is 0 Å². The molecule has 1 radical (unpaired) electrons. The number of carbonyl (C=O) groups is 1. The van der Waals surface area contributed by atoms with Gasteiger partial charge in [0.1, 0.15) is 0 Å². The van der Waals surface area contributed by atoms with Gasteiger partial charge in [-0.05, 0) is 50.3 Å². The van der Waals surface area contributed by atoms with E-state index in [-0.39, 0.29) is 12.1 Å². The van der Waals surface area contributed by atoms with E-state index in [2.05, 4.69) is 32.6 Å². The standard InChI is InChI=1S/C20H31O4Si/c1-6-14-22-25(23-15-7-2)19-11-9-8-10-18(19)13-12-17(5)24-20(21)16(3)4/h8-11,17H,3,6-7,12-15H2,1-2,4-5H3. The molecule has 0 fully saturated rings. The van der Waals surface area contributed by atoms with Crippen molar-refractivity contribution in [2.24, 2.45) is 0 Å². The molecule has 0 heterocycles. The summed E-state index contributed by atoms with van der Waals surface area (Å²) in [5.41, 5.74) is 1.64. The predicted octanol–water partition coefficient (Wildman–Crippen LogP) is 3.68. The number of rotatable bonds is 12. The molecule has 1 rings (SSSR count). The van der Waals surface area contributed by atoms with Crippen molar-refractivity contribution in [3.63, 3.8) is 0 Å². The zero-order chi connectivity index (χ0) is 18.7. The molecule has 0 saturated carbocycles. The normalized spacial score (nSPS) is 12.2. The van der Waals surface area contributed by atoms with Gasteiger partial charge in [0.25, 0.3) is 0 Å². The van der Waals surface area contributed by atoms with Crippen LogP contribution in [-0.2, 0) is 24.8 Å². The van der Waals surface area contributed by atoms with E-state index in [0.29, 0.717) is 18.8 Å². The van der Waals surface area contributed by atoms with Crippen LogP contribution in [0.25, 0.3) is 0 Å². The Balaban J connectivity index is 2.76. The highest BCUT2D eigenvalue weighted by Gasteiger charge is 2.22. The molecule has 25 heavy (non-hydrogen) atoms. The van der Waals surface area contributed by atoms with Crippen molar-refractivity contribution in [1.29, 1.82) is 0 Å². The summed E-state index contributed by atoms with van der Waals surface area (Å²) in [6.45, 7) is 12.8. The lowest BCUT2D eigenvalue weighted by atomic mass is 10.1. The number of benzene rings is 1. The summed E-state index contributed by atoms with van der Waals surface area (Å²) >= 11 is 0. The molecule has 0 saturated heterocycles. The van der Waals surface area contributed by atoms with Crippen LogP contribution in [0.4, 0.5) is 0 Å². The van der Waals surface area contributed by atoms with E-state index in [1.54, 1.807) is 6.92 Å². The molecular formula is C20H31O4Si. The Hall–Kier alpha value is -1.43. The van der Waals surface area contributed by atoms with Gasteiger partial charge in [0, 0.05) is 18.8 Å². The van der Waals surface area contributed by atoms with Crippen molar-refractivity contribution in [2.75, 3.05) is 13.2 Å². The van der Waals surface area contributed by atoms with Gasteiger partial charge in [-0.2, -0.15) is 0 Å². The molecule has 4 nitrogen and oxygen atoms in total. The Kier molecular flexibility index (Phi) is 10.4. The minimum Gasteiger partial charge on any atom is -0.459 e. The molecule has 1 aromatic carbocycles. The Labute approximate surface area is 154 Å². The third kappa shape index (κ3) is 7.99. The molecule has 1 atom stereocenters. The molecule has 0 aliphatic rings. The lowest BCUT2D eigenvalue weighted by molar-refractivity contribution is -0.143. The Morgan fingerprint density at radius 3 is 2.32 bits per heavy atom. The highest BCUT2D eigenvalue weighted by Crippen LogP contribution is 2.10. The van der Waals surface area contributed by atoms with Gasteiger partial charge in [0.05, 0.1) is 6.10 Å². The first-order valence-corrected chi connectivity index (χ1v) is 10.4. The van der Waals surface area contributed by atoms with Crippen molar-refractivity contribution in [2.45, 2.75) is 59.5 Å². The summed E-state index contributed by atoms with van der Waals surface area (Å²) in [6.07, 6.45) is 3.37. The zero-order valence-corrected chi connectivity index (χ0v) is 17.0. The Morgan fingerprint density at radius 2 is 1.76 bits per heavy atom. The fraction of sp³-hybridized carbons (Fsp3) is 0.550. The highest BCUT2D eigenvalue weighted by molar-refractivity contribution is 6.61. The average molecular weight is 364 g/mol. The molecule has 0 N–H and O–H groups in total. The van der Waals surface area contributed by atoms with Gasteiger partial charge in [-0.15, -0.1) is 0 Å². The first kappa shape index (κ1) is 21.6. The molecule has 1 aromatic rings. The van der Waals surface area contributed by atoms with Crippen LogP contribution in [0.2, 0.25) is 0 Å². The van der Waals surface area contributed by atoms with E-state index < -0.39 is 9.28 Å². The molecule has 0 aromatic heterocycles. The van der Waals surface area contributed by atoms with Gasteiger partial charge < -0.3 is 13.6 Å². The smallest absolute Gasteiger partial charge is 0.423 e. The van der Waals surface area contributed by atoms with E-state index in [0.717, 1.165) is 30.9 Å². The minimum absolute atomic E-state index is 0.152. The lowest BCUT2D eigenvalue weighted by Crippen LogP contribution is -2.40. The molecular weight excluding hydrogens is 332 g/mol. The van der Waals surface area contributed by atoms with Crippen LogP contribution in [0.3, 0.4) is 0 Å². The summed E-state index contributed by atoms with van der Waals surface area (Å²) in [7, 11) is -1.48. The van der Waals surface area contributed by atoms with Crippen molar-refractivity contribution in [1.82, 2.24) is 0 Å². The quantitative estimate of drug-likeness (QED) is 0.323. The number of hydrogen-bond donors (Lipinski definition) is 0. The molecule has 139 valence electrons. The topological polar surface area (TPSA) is 44.8 Å². The van der Waals surface area contributed by atoms with Gasteiger partial charge in [-0.25, -0.2) is 4.79 Å². The molecule has 1 unspecified atom stereocenters. The largest absolute Gasteiger partial charge is 0.459 e. The van der Waals surface area contributed by atoms with E-state index in [9.17, 15) is 4.79 Å². The van der Waals surface area contributed by atoms with Crippen LogP contribution >= 0.6 is 0 Å². The van der Waals surface area contributed by atoms with Crippen LogP contribution in [0.1, 0.15) is 52.5 Å². The maximum Gasteiger partial charge on any atom is 0.423 e. The van der Waals surface area contributed by atoms with Crippen molar-refractivity contribution in [3.8, 4) is 0 Å². The third-order valence-electron chi connectivity index (χ3n) is 3.59. The monoisotopic (exact) mass is 363 g/mol. The van der Waals surface area contributed by atoms with E-state index in [1.165, 1.54) is 5.56 Å². The van der Waals surface area contributed by atoms with E-state index in [1.807, 2.05) is 19.1 Å². The molecule has 0 aliphatic heterocycles. The van der Waals surface area contributed by atoms with Crippen molar-refractivity contribution >= 4 is 20.4 Å². The maximum atomic E-state index is 11.6. The Morgan fingerprint density at radius 1 is 1.16 bits per heavy atom. The van der Waals surface area contributed by atoms with Gasteiger partial charge in [0.15, 0.2) is 0 Å². The summed E-state index contributed by atoms with van der Waals surface area (Å²) in [6, 6.07) is 8.26. The predicted molar refractivity (Wildman–Crippen MR) is 103 cm³/mol. The van der Waals surface area contributed by atoms with Gasteiger partial charge in [0.2, 0.25) is 0 Å². The Bertz CT molecular complexity index is 536. The average Bonchev–Trinajstić information content (AvgIpc) is 2.60. The zero-order valence-electron chi connectivity index (χ0n) is 16.0. The summed E-state index contributed by atoms with van der Waals surface area (Å²) in [4.78, 5) is 11.6. The molecule has 5 heteroatoms. The fourth-order valence-electron chi connectivity index (χ4n) is 2.23. The van der Waals surface area contributed by atoms with Crippen LogP contribution in [0, 0.1) is 0 Å². The van der Waals surface area contributed by atoms with Crippen molar-refractivity contribution in [3.05, 3.63) is 42.0 Å². The molecule has 0 amide bonds. The summed E-state index contributed by atoms with van der Waals surface area (Å²) in [5.74, 6) is -0.330. The maximum absolute atomic E-state index is 11.6. The van der Waals surface area contributed by atoms with Crippen LogP contribution < -0.4 is 5.19 Å². The first-order valence-electron chi connectivity index (χ1n) is 9.06. The number of carbonyl (C=O) groups excluding carboxylic acids is 1. The molecule has 0 bridgehead atoms. The minimum atomic E-state index is -1.48. The van der Waals surface area contributed by atoms with Crippen LogP contribution in [0.15, 0.2) is 36.4 Å². The lowest BCUT2D eigenvalue weighted by Gasteiger charge is -2.19. The molecule has 0 aliphatic carbocycles. The van der Waals surface area contributed by atoms with E-state index in [4.69, 9.17) is 13.6 Å². The molecule has 0 spiro atoms. The second-order valence-corrected chi connectivity index (χ2v) is 7.87. The van der Waals surface area contributed by atoms with Gasteiger partial charge in [-0.1, -0.05) is 44.7 Å². The van der Waals surface area contributed by atoms with Crippen LogP contribution in [-0.4, -0.2) is 34.6 Å². The summed E-state index contributed by atoms with van der Waals surface area (Å²) < 4.78 is 17.4. The van der Waals surface area contributed by atoms with Crippen molar-refractivity contribution < 1.29 is 18.4 Å². The second kappa shape index (κ2) is 12.0. The number of esters is 1. The fourth-order valence-corrected chi connectivity index (χ4v) is 4.10. The highest BCUT2D eigenvalue weighted by atomic mass is 28.3. The first-order chi connectivity index (χ1) is 12.0. The number of hydrogen-bond acceptors (Lipinski definition) is 4. The van der Waals surface area contributed by atoms with Gasteiger partial charge >= 0.3 is 15.3 Å².